The smallest absolute Gasteiger partial charge is 0.307 e. The molecule has 336 valence electrons. The highest BCUT2D eigenvalue weighted by Gasteiger charge is 2.40. The first-order chi connectivity index (χ1) is 29.0. The minimum Gasteiger partial charge on any atom is -0.307 e. The normalized spacial score (nSPS) is 22.9. The van der Waals surface area contributed by atoms with Crippen LogP contribution in [-0.2, 0) is 65.0 Å². The van der Waals surface area contributed by atoms with E-state index in [9.17, 15) is 26.4 Å². The van der Waals surface area contributed by atoms with Crippen molar-refractivity contribution in [1.82, 2.24) is 29.0 Å². The van der Waals surface area contributed by atoms with Crippen LogP contribution in [0.2, 0.25) is 0 Å². The van der Waals surface area contributed by atoms with Crippen molar-refractivity contribution in [1.29, 1.82) is 0 Å². The molecule has 2 aliphatic heterocycles. The molecule has 2 saturated heterocycles. The zero-order valence-electron chi connectivity index (χ0n) is 36.9. The van der Waals surface area contributed by atoms with Gasteiger partial charge in [-0.3, -0.25) is 4.90 Å². The van der Waals surface area contributed by atoms with Crippen molar-refractivity contribution < 1.29 is 26.4 Å². The van der Waals surface area contributed by atoms with Gasteiger partial charge in [-0.15, -0.1) is 0 Å². The third-order valence-electron chi connectivity index (χ3n) is 14.7. The van der Waals surface area contributed by atoms with E-state index in [4.69, 9.17) is 0 Å². The third-order valence-corrected chi connectivity index (χ3v) is 17.4. The number of hydrogen-bond acceptors (Lipinski definition) is 10. The minimum absolute atomic E-state index is 0.123. The molecule has 2 fully saturated rings. The first-order valence-corrected chi connectivity index (χ1v) is 26.1. The number of nitrogens with zero attached hydrogens (tertiary/aromatic N) is 4. The van der Waals surface area contributed by atoms with Gasteiger partial charge in [0.1, 0.15) is 5.88 Å². The van der Waals surface area contributed by atoms with Crippen LogP contribution >= 0.6 is 0 Å². The van der Waals surface area contributed by atoms with Gasteiger partial charge in [0.15, 0.2) is 0 Å². The molecular formula is C45H68N8O6S2. The lowest BCUT2D eigenvalue weighted by Gasteiger charge is -2.36. The lowest BCUT2D eigenvalue weighted by molar-refractivity contribution is 0.135. The van der Waals surface area contributed by atoms with Gasteiger partial charge in [0.2, 0.25) is 20.0 Å². The summed E-state index contributed by atoms with van der Waals surface area (Å²) in [5.41, 5.74) is 10.8. The molecule has 0 radical (unpaired) electrons. The molecule has 0 saturated carbocycles. The van der Waals surface area contributed by atoms with Crippen molar-refractivity contribution in [2.75, 3.05) is 83.2 Å². The molecule has 4 amide bonds. The molecule has 61 heavy (non-hydrogen) atoms. The first kappa shape index (κ1) is 44.3. The number of hydrogen-bond donors (Lipinski definition) is 4. The monoisotopic (exact) mass is 880 g/mol. The van der Waals surface area contributed by atoms with Gasteiger partial charge in [-0.1, -0.05) is 19.1 Å². The van der Waals surface area contributed by atoms with Crippen molar-refractivity contribution in [3.63, 3.8) is 0 Å². The summed E-state index contributed by atoms with van der Waals surface area (Å²) in [5, 5.41) is 6.15. The number of benzene rings is 2. The van der Waals surface area contributed by atoms with E-state index in [0.29, 0.717) is 31.7 Å². The van der Waals surface area contributed by atoms with Gasteiger partial charge in [-0.05, 0) is 193 Å². The molecule has 3 atom stereocenters. The van der Waals surface area contributed by atoms with Gasteiger partial charge in [-0.25, -0.2) is 35.9 Å². The Kier molecular flexibility index (Phi) is 13.1. The van der Waals surface area contributed by atoms with E-state index in [2.05, 4.69) is 61.0 Å². The molecule has 4 aliphatic carbocycles. The fourth-order valence-corrected chi connectivity index (χ4v) is 14.2. The van der Waals surface area contributed by atoms with Crippen LogP contribution in [-0.4, -0.2) is 133 Å². The number of carbonyl (C=O) groups excluding carboxylic acids is 2. The Morgan fingerprint density at radius 1 is 0.656 bits per heavy atom. The second kappa shape index (κ2) is 18.1. The number of nitrogens with one attached hydrogen (secondary N) is 4. The summed E-state index contributed by atoms with van der Waals surface area (Å²) in [6.45, 7) is 5.82. The maximum absolute atomic E-state index is 13.6. The van der Waals surface area contributed by atoms with E-state index in [1.807, 2.05) is 25.9 Å². The second-order valence-corrected chi connectivity index (χ2v) is 23.0. The fraction of sp³-hybridized carbons (Fsp3) is 0.689. The average molecular weight is 881 g/mol. The topological polar surface area (TPSA) is 164 Å². The van der Waals surface area contributed by atoms with Gasteiger partial charge in [0, 0.05) is 43.1 Å². The van der Waals surface area contributed by atoms with E-state index in [1.165, 1.54) is 22.3 Å². The van der Waals surface area contributed by atoms with Crippen LogP contribution < -0.4 is 20.1 Å². The standard InChI is InChI=1S/C45H68N8O6S2/c1-29(26-52-18-14-35(15-19-52)50(2)3)27-60(56,57)48-44(54)46-42-38-10-6-9-31(38)23-33-24-34(25-40(33)42)37-13-12-32-22-30-8-7-11-39(30)43(41(32)37)47-45(55)49-61(58,59)28-53-20-16-36(17-21-53)51(4)5/h22-23,29,34-37H,6-21,24-28H2,1-5H3,(H2,46,48,54)(H2,47,49,55). The Morgan fingerprint density at radius 2 is 1.20 bits per heavy atom. The Hall–Kier alpha value is -3.28. The summed E-state index contributed by atoms with van der Waals surface area (Å²) in [6, 6.07) is 4.18. The summed E-state index contributed by atoms with van der Waals surface area (Å²) < 4.78 is 58.0. The number of urea groups is 2. The number of rotatable bonds is 13. The number of aryl methyl sites for hydroxylation is 3. The van der Waals surface area contributed by atoms with Gasteiger partial charge in [0.05, 0.1) is 5.75 Å². The Labute approximate surface area is 364 Å². The molecule has 0 bridgehead atoms. The second-order valence-electron chi connectivity index (χ2n) is 19.6. The van der Waals surface area contributed by atoms with E-state index in [1.54, 1.807) is 0 Å². The third kappa shape index (κ3) is 10.1. The number of amides is 4. The summed E-state index contributed by atoms with van der Waals surface area (Å²) in [4.78, 5) is 35.9. The van der Waals surface area contributed by atoms with Crippen molar-refractivity contribution in [3.8, 4) is 0 Å². The molecule has 0 aromatic heterocycles. The molecule has 2 aromatic carbocycles. The van der Waals surface area contributed by atoms with Gasteiger partial charge in [-0.2, -0.15) is 0 Å². The highest BCUT2D eigenvalue weighted by Crippen LogP contribution is 2.51. The predicted molar refractivity (Wildman–Crippen MR) is 241 cm³/mol. The van der Waals surface area contributed by atoms with Crippen LogP contribution in [0.4, 0.5) is 21.0 Å². The molecule has 2 aromatic rings. The van der Waals surface area contributed by atoms with Crippen LogP contribution in [0.25, 0.3) is 0 Å². The lowest BCUT2D eigenvalue weighted by atomic mass is 9.83. The number of fused-ring (bicyclic) bond motifs is 4. The summed E-state index contributed by atoms with van der Waals surface area (Å²) in [6.07, 6.45) is 12.7. The van der Waals surface area contributed by atoms with Crippen LogP contribution in [0.15, 0.2) is 12.1 Å². The van der Waals surface area contributed by atoms with Crippen molar-refractivity contribution in [2.24, 2.45) is 11.8 Å². The van der Waals surface area contributed by atoms with E-state index < -0.39 is 32.1 Å². The molecular weight excluding hydrogens is 813 g/mol. The molecule has 6 aliphatic rings. The molecule has 2 heterocycles. The summed E-state index contributed by atoms with van der Waals surface area (Å²) in [5.74, 6) is -0.137. The number of carbonyl (C=O) groups is 2. The van der Waals surface area contributed by atoms with Crippen LogP contribution in [0.1, 0.15) is 102 Å². The van der Waals surface area contributed by atoms with E-state index in [-0.39, 0.29) is 29.4 Å². The summed E-state index contributed by atoms with van der Waals surface area (Å²) >= 11 is 0. The molecule has 16 heteroatoms. The van der Waals surface area contributed by atoms with Crippen LogP contribution in [0, 0.1) is 11.8 Å². The van der Waals surface area contributed by atoms with Gasteiger partial charge < -0.3 is 25.3 Å². The average Bonchev–Trinajstić information content (AvgIpc) is 4.00. The molecule has 8 rings (SSSR count). The van der Waals surface area contributed by atoms with Crippen LogP contribution in [0.3, 0.4) is 0 Å². The number of piperidine rings is 2. The molecule has 0 spiro atoms. The number of likely N-dealkylation sites (tertiary alicyclic amines) is 2. The highest BCUT2D eigenvalue weighted by atomic mass is 32.2. The quantitative estimate of drug-likeness (QED) is 0.223. The zero-order valence-corrected chi connectivity index (χ0v) is 38.6. The summed E-state index contributed by atoms with van der Waals surface area (Å²) in [7, 11) is 0.518. The Bertz CT molecular complexity index is 2210. The molecule has 3 unspecified atom stereocenters. The zero-order chi connectivity index (χ0) is 43.2. The van der Waals surface area contributed by atoms with Gasteiger partial charge in [0.25, 0.3) is 0 Å². The maximum Gasteiger partial charge on any atom is 0.332 e. The lowest BCUT2D eigenvalue weighted by Crippen LogP contribution is -2.47. The largest absolute Gasteiger partial charge is 0.332 e. The predicted octanol–water partition coefficient (Wildman–Crippen LogP) is 4.66. The van der Waals surface area contributed by atoms with E-state index >= 15 is 0 Å². The SMILES string of the molecule is CC(CN1CCC(N(C)C)CC1)CS(=O)(=O)NC(=O)Nc1c2c(cc3c1CC(C1CCc4cc5c(c(NC(=O)NS(=O)(=O)CN6CCC(N(C)C)CC6)c41)CCC5)C3)CCC2. The Morgan fingerprint density at radius 3 is 1.80 bits per heavy atom. The van der Waals surface area contributed by atoms with Crippen molar-refractivity contribution in [3.05, 3.63) is 56.6 Å². The maximum atomic E-state index is 13.6. The number of sulfonamides is 2. The van der Waals surface area contributed by atoms with E-state index in [0.717, 1.165) is 137 Å². The highest BCUT2D eigenvalue weighted by molar-refractivity contribution is 7.90. The van der Waals surface area contributed by atoms with Crippen LogP contribution in [0.5, 0.6) is 0 Å². The molecule has 14 nitrogen and oxygen atoms in total. The molecule has 4 N–H and O–H groups in total. The minimum atomic E-state index is -3.91. The van der Waals surface area contributed by atoms with Gasteiger partial charge >= 0.3 is 12.1 Å². The van der Waals surface area contributed by atoms with Crippen molar-refractivity contribution in [2.45, 2.75) is 115 Å². The first-order valence-electron chi connectivity index (χ1n) is 22.8. The Balaban J connectivity index is 0.946. The fourth-order valence-electron chi connectivity index (χ4n) is 11.8. The van der Waals surface area contributed by atoms with Crippen molar-refractivity contribution >= 4 is 43.5 Å². The number of anilines is 2.